The number of hydrogen-bond acceptors (Lipinski definition) is 5. The quantitative estimate of drug-likeness (QED) is 0.517. The fourth-order valence-electron chi connectivity index (χ4n) is 3.09. The lowest BCUT2D eigenvalue weighted by Crippen LogP contribution is -1.93. The van der Waals surface area contributed by atoms with E-state index in [2.05, 4.69) is 31.2 Å². The van der Waals surface area contributed by atoms with Gasteiger partial charge in [-0.1, -0.05) is 0 Å². The van der Waals surface area contributed by atoms with Gasteiger partial charge in [0, 0.05) is 53.9 Å². The average molecular weight is 330 g/mol. The molecule has 0 saturated heterocycles. The Morgan fingerprint density at radius 1 is 1.08 bits per heavy atom. The molecule has 0 atom stereocenters. The van der Waals surface area contributed by atoms with Gasteiger partial charge in [-0.25, -0.2) is 9.50 Å². The SMILES string of the molecule is Cn1cc(-c2cnn3ccc(-c4c[nH]c5nc(N)ncc45)cc23)cn1. The molecule has 8 heteroatoms. The second-order valence-electron chi connectivity index (χ2n) is 5.90. The van der Waals surface area contributed by atoms with Crippen molar-refractivity contribution in [3.05, 3.63) is 49.3 Å². The van der Waals surface area contributed by atoms with Crippen molar-refractivity contribution in [2.75, 3.05) is 5.73 Å². The molecule has 5 aromatic rings. The van der Waals surface area contributed by atoms with Gasteiger partial charge in [0.25, 0.3) is 0 Å². The number of nitrogens with zero attached hydrogens (tertiary/aromatic N) is 6. The molecule has 8 nitrogen and oxygen atoms in total. The van der Waals surface area contributed by atoms with Crippen molar-refractivity contribution in [2.45, 2.75) is 0 Å². The number of anilines is 1. The number of nitrogens with two attached hydrogens (primary N) is 1. The third-order valence-electron chi connectivity index (χ3n) is 4.30. The Morgan fingerprint density at radius 3 is 2.84 bits per heavy atom. The zero-order valence-corrected chi connectivity index (χ0v) is 13.4. The van der Waals surface area contributed by atoms with Crippen LogP contribution in [0.15, 0.2) is 49.3 Å². The van der Waals surface area contributed by atoms with E-state index in [0.717, 1.165) is 38.8 Å². The van der Waals surface area contributed by atoms with Crippen LogP contribution < -0.4 is 5.73 Å². The highest BCUT2D eigenvalue weighted by Gasteiger charge is 2.12. The molecule has 0 amide bonds. The lowest BCUT2D eigenvalue weighted by molar-refractivity contribution is 0.768. The monoisotopic (exact) mass is 330 g/mol. The summed E-state index contributed by atoms with van der Waals surface area (Å²) >= 11 is 0. The van der Waals surface area contributed by atoms with E-state index in [-0.39, 0.29) is 5.95 Å². The third kappa shape index (κ3) is 2.08. The summed E-state index contributed by atoms with van der Waals surface area (Å²) < 4.78 is 3.64. The maximum atomic E-state index is 5.66. The van der Waals surface area contributed by atoms with Crippen molar-refractivity contribution in [1.82, 2.24) is 34.3 Å². The predicted octanol–water partition coefficient (Wildman–Crippen LogP) is 2.26. The van der Waals surface area contributed by atoms with Crippen LogP contribution in [0.2, 0.25) is 0 Å². The van der Waals surface area contributed by atoms with Crippen LogP contribution >= 0.6 is 0 Å². The number of nitrogens with one attached hydrogen (secondary N) is 1. The highest BCUT2D eigenvalue weighted by Crippen LogP contribution is 2.31. The molecule has 5 heterocycles. The van der Waals surface area contributed by atoms with Gasteiger partial charge in [0.1, 0.15) is 5.65 Å². The normalized spacial score (nSPS) is 11.6. The van der Waals surface area contributed by atoms with Crippen LogP contribution in [-0.2, 0) is 7.05 Å². The van der Waals surface area contributed by atoms with Crippen LogP contribution in [0, 0.1) is 0 Å². The van der Waals surface area contributed by atoms with E-state index < -0.39 is 0 Å². The van der Waals surface area contributed by atoms with E-state index in [4.69, 9.17) is 5.73 Å². The number of fused-ring (bicyclic) bond motifs is 2. The molecule has 5 rings (SSSR count). The van der Waals surface area contributed by atoms with E-state index in [1.54, 1.807) is 10.9 Å². The fraction of sp³-hybridized carbons (Fsp3) is 0.0588. The van der Waals surface area contributed by atoms with E-state index in [0.29, 0.717) is 0 Å². The number of nitrogen functional groups attached to an aromatic ring is 1. The molecular formula is C17H14N8. The first-order chi connectivity index (χ1) is 12.2. The molecule has 0 saturated carbocycles. The molecule has 0 aromatic carbocycles. The average Bonchev–Trinajstić information content (AvgIpc) is 3.31. The maximum Gasteiger partial charge on any atom is 0.221 e. The molecule has 0 radical (unpaired) electrons. The number of hydrogen-bond donors (Lipinski definition) is 2. The Bertz CT molecular complexity index is 1230. The summed E-state index contributed by atoms with van der Waals surface area (Å²) in [5.74, 6) is 0.256. The zero-order chi connectivity index (χ0) is 17.0. The molecule has 25 heavy (non-hydrogen) atoms. The van der Waals surface area contributed by atoms with Gasteiger partial charge in [-0.05, 0) is 17.7 Å². The molecule has 0 bridgehead atoms. The van der Waals surface area contributed by atoms with Gasteiger partial charge >= 0.3 is 0 Å². The number of H-pyrrole nitrogens is 1. The number of aromatic nitrogens is 7. The number of aryl methyl sites for hydroxylation is 1. The van der Waals surface area contributed by atoms with Crippen molar-refractivity contribution in [3.63, 3.8) is 0 Å². The highest BCUT2D eigenvalue weighted by atomic mass is 15.2. The molecular weight excluding hydrogens is 316 g/mol. The summed E-state index contributed by atoms with van der Waals surface area (Å²) in [6, 6.07) is 4.13. The first-order valence-corrected chi connectivity index (χ1v) is 7.75. The molecule has 5 aromatic heterocycles. The van der Waals surface area contributed by atoms with E-state index >= 15 is 0 Å². The molecule has 0 aliphatic rings. The number of pyridine rings is 1. The summed E-state index contributed by atoms with van der Waals surface area (Å²) in [4.78, 5) is 11.5. The molecule has 3 N–H and O–H groups in total. The van der Waals surface area contributed by atoms with Crippen LogP contribution in [0.5, 0.6) is 0 Å². The van der Waals surface area contributed by atoms with Crippen molar-refractivity contribution in [1.29, 1.82) is 0 Å². The summed E-state index contributed by atoms with van der Waals surface area (Å²) in [5.41, 5.74) is 11.5. The molecule has 122 valence electrons. The Hall–Kier alpha value is -3.68. The minimum Gasteiger partial charge on any atom is -0.368 e. The maximum absolute atomic E-state index is 5.66. The zero-order valence-electron chi connectivity index (χ0n) is 13.4. The Balaban J connectivity index is 1.71. The van der Waals surface area contributed by atoms with Crippen LogP contribution in [-0.4, -0.2) is 34.3 Å². The Kier molecular flexibility index (Phi) is 2.69. The lowest BCUT2D eigenvalue weighted by Gasteiger charge is -2.02. The van der Waals surface area contributed by atoms with Crippen LogP contribution in [0.1, 0.15) is 0 Å². The summed E-state index contributed by atoms with van der Waals surface area (Å²) in [5, 5.41) is 9.61. The predicted molar refractivity (Wildman–Crippen MR) is 94.7 cm³/mol. The summed E-state index contributed by atoms with van der Waals surface area (Å²) in [7, 11) is 1.90. The molecule has 0 unspecified atom stereocenters. The van der Waals surface area contributed by atoms with Gasteiger partial charge in [-0.15, -0.1) is 0 Å². The smallest absolute Gasteiger partial charge is 0.221 e. The van der Waals surface area contributed by atoms with Gasteiger partial charge in [-0.3, -0.25) is 4.68 Å². The van der Waals surface area contributed by atoms with Crippen LogP contribution in [0.4, 0.5) is 5.95 Å². The first-order valence-electron chi connectivity index (χ1n) is 7.75. The first kappa shape index (κ1) is 13.7. The second kappa shape index (κ2) is 4.91. The lowest BCUT2D eigenvalue weighted by atomic mass is 10.1. The largest absolute Gasteiger partial charge is 0.368 e. The van der Waals surface area contributed by atoms with E-state index in [9.17, 15) is 0 Å². The van der Waals surface area contributed by atoms with Gasteiger partial charge in [0.2, 0.25) is 5.95 Å². The van der Waals surface area contributed by atoms with Gasteiger partial charge in [0.05, 0.1) is 17.9 Å². The Morgan fingerprint density at radius 2 is 2.00 bits per heavy atom. The van der Waals surface area contributed by atoms with Crippen molar-refractivity contribution in [2.24, 2.45) is 7.05 Å². The van der Waals surface area contributed by atoms with Crippen LogP contribution in [0.3, 0.4) is 0 Å². The molecule has 0 spiro atoms. The minimum atomic E-state index is 0.256. The third-order valence-corrected chi connectivity index (χ3v) is 4.30. The van der Waals surface area contributed by atoms with Crippen LogP contribution in [0.25, 0.3) is 38.8 Å². The fourth-order valence-corrected chi connectivity index (χ4v) is 3.09. The van der Waals surface area contributed by atoms with Gasteiger partial charge in [0.15, 0.2) is 0 Å². The summed E-state index contributed by atoms with van der Waals surface area (Å²) in [6.45, 7) is 0. The van der Waals surface area contributed by atoms with E-state index in [1.165, 1.54) is 0 Å². The van der Waals surface area contributed by atoms with Crippen molar-refractivity contribution >= 4 is 22.5 Å². The number of rotatable bonds is 2. The molecule has 0 aliphatic heterocycles. The van der Waals surface area contributed by atoms with Gasteiger partial charge in [-0.2, -0.15) is 15.2 Å². The standard InChI is InChI=1S/C17H14N8/c1-24-9-11(5-21-24)13-8-22-25-3-2-10(4-15(13)25)12-6-19-16-14(12)7-20-17(18)23-16/h2-9H,1H3,(H3,18,19,20,23). The summed E-state index contributed by atoms with van der Waals surface area (Å²) in [6.07, 6.45) is 11.3. The van der Waals surface area contributed by atoms with Gasteiger partial charge < -0.3 is 10.7 Å². The highest BCUT2D eigenvalue weighted by molar-refractivity contribution is 5.95. The Labute approximate surface area is 141 Å². The van der Waals surface area contributed by atoms with Crippen molar-refractivity contribution in [3.8, 4) is 22.3 Å². The number of aromatic amines is 1. The van der Waals surface area contributed by atoms with E-state index in [1.807, 2.05) is 48.6 Å². The van der Waals surface area contributed by atoms with Crippen molar-refractivity contribution < 1.29 is 0 Å². The minimum absolute atomic E-state index is 0.256. The molecule has 0 aliphatic carbocycles. The molecule has 0 fully saturated rings. The second-order valence-corrected chi connectivity index (χ2v) is 5.90. The topological polar surface area (TPSA) is 103 Å².